The van der Waals surface area contributed by atoms with Gasteiger partial charge in [0.05, 0.1) is 12.6 Å². The maximum Gasteiger partial charge on any atom is 0.199 e. The zero-order valence-corrected chi connectivity index (χ0v) is 9.51. The molecule has 0 fully saturated rings. The van der Waals surface area contributed by atoms with Gasteiger partial charge in [0.1, 0.15) is 5.76 Å². The second kappa shape index (κ2) is 5.09. The van der Waals surface area contributed by atoms with Crippen molar-refractivity contribution in [1.29, 1.82) is 0 Å². The van der Waals surface area contributed by atoms with Crippen LogP contribution < -0.4 is 5.32 Å². The van der Waals surface area contributed by atoms with Crippen LogP contribution in [0.1, 0.15) is 16.5 Å². The summed E-state index contributed by atoms with van der Waals surface area (Å²) in [5.41, 5.74) is 0. The molecule has 2 aromatic rings. The SMILES string of the molecule is CNCCc1cnc(Cc2cccs2)o1. The Morgan fingerprint density at radius 2 is 2.47 bits per heavy atom. The minimum Gasteiger partial charge on any atom is -0.445 e. The molecule has 0 aliphatic carbocycles. The molecule has 2 heterocycles. The lowest BCUT2D eigenvalue weighted by molar-refractivity contribution is 0.461. The van der Waals surface area contributed by atoms with E-state index in [2.05, 4.69) is 21.7 Å². The molecule has 1 N–H and O–H groups in total. The fraction of sp³-hybridized carbons (Fsp3) is 0.364. The number of rotatable bonds is 5. The van der Waals surface area contributed by atoms with Crippen molar-refractivity contribution in [3.8, 4) is 0 Å². The number of nitrogens with zero attached hydrogens (tertiary/aromatic N) is 1. The van der Waals surface area contributed by atoms with E-state index in [4.69, 9.17) is 4.42 Å². The Bertz CT molecular complexity index is 394. The molecule has 0 unspecified atom stereocenters. The summed E-state index contributed by atoms with van der Waals surface area (Å²) < 4.78 is 5.61. The van der Waals surface area contributed by atoms with Gasteiger partial charge in [-0.05, 0) is 18.5 Å². The van der Waals surface area contributed by atoms with Gasteiger partial charge in [0, 0.05) is 17.8 Å². The highest BCUT2D eigenvalue weighted by Gasteiger charge is 2.04. The van der Waals surface area contributed by atoms with Gasteiger partial charge in [-0.25, -0.2) is 4.98 Å². The van der Waals surface area contributed by atoms with Crippen molar-refractivity contribution < 1.29 is 4.42 Å². The largest absolute Gasteiger partial charge is 0.445 e. The van der Waals surface area contributed by atoms with Crippen molar-refractivity contribution in [2.24, 2.45) is 0 Å². The first kappa shape index (κ1) is 10.4. The molecule has 0 atom stereocenters. The fourth-order valence-corrected chi connectivity index (χ4v) is 2.05. The second-order valence-corrected chi connectivity index (χ2v) is 4.36. The first-order chi connectivity index (χ1) is 7.38. The molecule has 0 aromatic carbocycles. The summed E-state index contributed by atoms with van der Waals surface area (Å²) >= 11 is 1.73. The lowest BCUT2D eigenvalue weighted by atomic mass is 10.3. The first-order valence-corrected chi connectivity index (χ1v) is 5.87. The van der Waals surface area contributed by atoms with Gasteiger partial charge in [-0.15, -0.1) is 11.3 Å². The van der Waals surface area contributed by atoms with Crippen LogP contribution in [0, 0.1) is 0 Å². The number of thiophene rings is 1. The minimum atomic E-state index is 0.803. The van der Waals surface area contributed by atoms with Crippen LogP contribution in [-0.4, -0.2) is 18.6 Å². The molecule has 2 aromatic heterocycles. The summed E-state index contributed by atoms with van der Waals surface area (Å²) in [6.45, 7) is 0.924. The van der Waals surface area contributed by atoms with Crippen molar-refractivity contribution in [3.05, 3.63) is 40.2 Å². The van der Waals surface area contributed by atoms with E-state index in [9.17, 15) is 0 Å². The average Bonchev–Trinajstić information content (AvgIpc) is 2.87. The lowest BCUT2D eigenvalue weighted by Crippen LogP contribution is -2.09. The summed E-state index contributed by atoms with van der Waals surface area (Å²) in [6.07, 6.45) is 3.52. The number of nitrogens with one attached hydrogen (secondary N) is 1. The van der Waals surface area contributed by atoms with Gasteiger partial charge >= 0.3 is 0 Å². The molecule has 80 valence electrons. The summed E-state index contributed by atoms with van der Waals surface area (Å²) in [5, 5.41) is 5.15. The topological polar surface area (TPSA) is 38.1 Å². The Balaban J connectivity index is 1.95. The third-order valence-corrected chi connectivity index (χ3v) is 3.00. The van der Waals surface area contributed by atoms with Gasteiger partial charge in [-0.3, -0.25) is 0 Å². The summed E-state index contributed by atoms with van der Waals surface area (Å²) in [4.78, 5) is 5.55. The van der Waals surface area contributed by atoms with Crippen LogP contribution >= 0.6 is 11.3 Å². The van der Waals surface area contributed by atoms with Crippen molar-refractivity contribution in [2.75, 3.05) is 13.6 Å². The molecule has 0 saturated heterocycles. The van der Waals surface area contributed by atoms with E-state index in [1.807, 2.05) is 19.3 Å². The van der Waals surface area contributed by atoms with Crippen LogP contribution in [0.3, 0.4) is 0 Å². The van der Waals surface area contributed by atoms with E-state index in [0.717, 1.165) is 31.0 Å². The Kier molecular flexibility index (Phi) is 3.53. The normalized spacial score (nSPS) is 10.7. The van der Waals surface area contributed by atoms with Crippen LogP contribution in [0.2, 0.25) is 0 Å². The van der Waals surface area contributed by atoms with Crippen molar-refractivity contribution in [2.45, 2.75) is 12.8 Å². The standard InChI is InChI=1S/C11H14N2OS/c1-12-5-4-9-8-13-11(14-9)7-10-3-2-6-15-10/h2-3,6,8,12H,4-5,7H2,1H3. The zero-order chi connectivity index (χ0) is 10.5. The molecule has 4 heteroatoms. The molecule has 15 heavy (non-hydrogen) atoms. The highest BCUT2D eigenvalue weighted by atomic mass is 32.1. The number of aromatic nitrogens is 1. The van der Waals surface area contributed by atoms with Crippen LogP contribution in [-0.2, 0) is 12.8 Å². The second-order valence-electron chi connectivity index (χ2n) is 3.33. The van der Waals surface area contributed by atoms with Crippen LogP contribution in [0.25, 0.3) is 0 Å². The van der Waals surface area contributed by atoms with Gasteiger partial charge < -0.3 is 9.73 Å². The summed E-state index contributed by atoms with van der Waals surface area (Å²) in [6, 6.07) is 4.15. The lowest BCUT2D eigenvalue weighted by Gasteiger charge is -1.94. The van der Waals surface area contributed by atoms with Crippen LogP contribution in [0.5, 0.6) is 0 Å². The van der Waals surface area contributed by atoms with E-state index >= 15 is 0 Å². The van der Waals surface area contributed by atoms with Gasteiger partial charge in [0.2, 0.25) is 0 Å². The molecule has 0 spiro atoms. The molecule has 2 rings (SSSR count). The van der Waals surface area contributed by atoms with Crippen LogP contribution in [0.15, 0.2) is 28.1 Å². The predicted octanol–water partition coefficient (Wildman–Crippen LogP) is 2.09. The monoisotopic (exact) mass is 222 g/mol. The molecule has 0 radical (unpaired) electrons. The first-order valence-electron chi connectivity index (χ1n) is 4.99. The van der Waals surface area contributed by atoms with Crippen molar-refractivity contribution >= 4 is 11.3 Å². The van der Waals surface area contributed by atoms with E-state index in [-0.39, 0.29) is 0 Å². The van der Waals surface area contributed by atoms with E-state index in [0.29, 0.717) is 0 Å². The van der Waals surface area contributed by atoms with Crippen molar-refractivity contribution in [1.82, 2.24) is 10.3 Å². The van der Waals surface area contributed by atoms with Gasteiger partial charge in [0.25, 0.3) is 0 Å². The minimum absolute atomic E-state index is 0.803. The maximum atomic E-state index is 5.61. The Labute approximate surface area is 93.2 Å². The maximum absolute atomic E-state index is 5.61. The van der Waals surface area contributed by atoms with E-state index in [1.54, 1.807) is 11.3 Å². The van der Waals surface area contributed by atoms with Gasteiger partial charge in [0.15, 0.2) is 5.89 Å². The number of hydrogen-bond acceptors (Lipinski definition) is 4. The third kappa shape index (κ3) is 2.91. The molecule has 0 bridgehead atoms. The molecule has 0 saturated carbocycles. The molecule has 0 aliphatic rings. The van der Waals surface area contributed by atoms with Gasteiger partial charge in [-0.2, -0.15) is 0 Å². The molecular formula is C11H14N2OS. The quantitative estimate of drug-likeness (QED) is 0.841. The molecule has 3 nitrogen and oxygen atoms in total. The Hall–Kier alpha value is -1.13. The van der Waals surface area contributed by atoms with E-state index < -0.39 is 0 Å². The highest BCUT2D eigenvalue weighted by molar-refractivity contribution is 7.09. The Morgan fingerprint density at radius 3 is 3.20 bits per heavy atom. The number of hydrogen-bond donors (Lipinski definition) is 1. The fourth-order valence-electron chi connectivity index (χ4n) is 1.36. The number of likely N-dealkylation sites (N-methyl/N-ethyl adjacent to an activating group) is 1. The number of oxazole rings is 1. The predicted molar refractivity (Wildman–Crippen MR) is 61.3 cm³/mol. The molecule has 0 aliphatic heterocycles. The van der Waals surface area contributed by atoms with Crippen LogP contribution in [0.4, 0.5) is 0 Å². The Morgan fingerprint density at radius 1 is 1.53 bits per heavy atom. The zero-order valence-electron chi connectivity index (χ0n) is 8.69. The van der Waals surface area contributed by atoms with Gasteiger partial charge in [-0.1, -0.05) is 6.07 Å². The molecule has 0 amide bonds. The smallest absolute Gasteiger partial charge is 0.199 e. The average molecular weight is 222 g/mol. The molecular weight excluding hydrogens is 208 g/mol. The van der Waals surface area contributed by atoms with Crippen molar-refractivity contribution in [3.63, 3.8) is 0 Å². The summed E-state index contributed by atoms with van der Waals surface area (Å²) in [7, 11) is 1.93. The summed E-state index contributed by atoms with van der Waals surface area (Å²) in [5.74, 6) is 1.76. The highest BCUT2D eigenvalue weighted by Crippen LogP contribution is 2.14. The third-order valence-electron chi connectivity index (χ3n) is 2.13. The van der Waals surface area contributed by atoms with E-state index in [1.165, 1.54) is 4.88 Å².